The van der Waals surface area contributed by atoms with Gasteiger partial charge in [0, 0.05) is 12.7 Å². The Labute approximate surface area is 171 Å². The highest BCUT2D eigenvalue weighted by Gasteiger charge is 2.26. The molecule has 0 bridgehead atoms. The number of ether oxygens (including phenoxy) is 3. The number of methoxy groups -OCH3 is 2. The summed E-state index contributed by atoms with van der Waals surface area (Å²) in [4.78, 5) is 19.8. The molecule has 0 spiro atoms. The van der Waals surface area contributed by atoms with E-state index >= 15 is 0 Å². The molecule has 0 atom stereocenters. The van der Waals surface area contributed by atoms with Gasteiger partial charge in [-0.25, -0.2) is 0 Å². The minimum atomic E-state index is -0.442. The van der Waals surface area contributed by atoms with Crippen molar-refractivity contribution in [1.29, 1.82) is 0 Å². The molecule has 0 unspecified atom stereocenters. The lowest BCUT2D eigenvalue weighted by Crippen LogP contribution is -2.23. The van der Waals surface area contributed by atoms with Crippen LogP contribution in [0, 0.1) is 0 Å². The normalized spacial score (nSPS) is 11.4. The highest BCUT2D eigenvalue weighted by Crippen LogP contribution is 2.44. The molecule has 2 rings (SSSR count). The van der Waals surface area contributed by atoms with E-state index in [0.29, 0.717) is 41.3 Å². The summed E-state index contributed by atoms with van der Waals surface area (Å²) in [5.41, 5.74) is 1.21. The minimum Gasteiger partial charge on any atom is -0.506 e. The zero-order valence-corrected chi connectivity index (χ0v) is 17.8. The van der Waals surface area contributed by atoms with Gasteiger partial charge in [-0.3, -0.25) is 9.79 Å². The minimum absolute atomic E-state index is 0.00385. The van der Waals surface area contributed by atoms with Gasteiger partial charge in [-0.2, -0.15) is 0 Å². The van der Waals surface area contributed by atoms with E-state index in [0.717, 1.165) is 19.3 Å². The maximum atomic E-state index is 12.8. The number of aromatic amines is 1. The first-order valence-corrected chi connectivity index (χ1v) is 9.83. The fraction of sp³-hybridized carbons (Fsp3) is 0.455. The number of rotatable bonds is 9. The van der Waals surface area contributed by atoms with E-state index in [-0.39, 0.29) is 17.2 Å². The number of aryl methyl sites for hydroxylation is 1. The van der Waals surface area contributed by atoms with Crippen molar-refractivity contribution in [3.05, 3.63) is 39.8 Å². The van der Waals surface area contributed by atoms with Crippen LogP contribution in [-0.2, 0) is 11.2 Å². The van der Waals surface area contributed by atoms with Crippen LogP contribution in [0.4, 0.5) is 0 Å². The highest BCUT2D eigenvalue weighted by atomic mass is 16.5. The summed E-state index contributed by atoms with van der Waals surface area (Å²) in [5.74, 6) is 0.960. The van der Waals surface area contributed by atoms with Crippen molar-refractivity contribution < 1.29 is 19.3 Å². The molecule has 0 amide bonds. The maximum Gasteiger partial charge on any atom is 0.264 e. The van der Waals surface area contributed by atoms with Gasteiger partial charge >= 0.3 is 0 Å². The number of H-pyrrole nitrogens is 1. The number of aromatic hydroxyl groups is 1. The molecule has 0 aliphatic heterocycles. The molecule has 1 aromatic carbocycles. The van der Waals surface area contributed by atoms with Crippen LogP contribution in [0.25, 0.3) is 11.1 Å². The Balaban J connectivity index is 2.86. The zero-order chi connectivity index (χ0) is 21.4. The molecule has 7 heteroatoms. The summed E-state index contributed by atoms with van der Waals surface area (Å²) in [5, 5.41) is 11.3. The molecule has 29 heavy (non-hydrogen) atoms. The topological polar surface area (TPSA) is 93.1 Å². The van der Waals surface area contributed by atoms with E-state index < -0.39 is 5.56 Å². The smallest absolute Gasteiger partial charge is 0.264 e. The van der Waals surface area contributed by atoms with E-state index in [1.165, 1.54) is 7.05 Å². The first-order chi connectivity index (χ1) is 14.0. The van der Waals surface area contributed by atoms with Crippen LogP contribution < -0.4 is 15.0 Å². The van der Waals surface area contributed by atoms with Gasteiger partial charge in [0.1, 0.15) is 22.8 Å². The van der Waals surface area contributed by atoms with Crippen LogP contribution in [0.5, 0.6) is 17.2 Å². The second kappa shape index (κ2) is 10.5. The summed E-state index contributed by atoms with van der Waals surface area (Å²) in [6, 6.07) is 5.38. The highest BCUT2D eigenvalue weighted by molar-refractivity contribution is 6.00. The summed E-state index contributed by atoms with van der Waals surface area (Å²) in [6.45, 7) is 4.41. The quantitative estimate of drug-likeness (QED) is 0.490. The summed E-state index contributed by atoms with van der Waals surface area (Å²) in [7, 11) is 4.63. The number of hydrogen-bond acceptors (Lipinski definition) is 6. The molecule has 1 heterocycles. The van der Waals surface area contributed by atoms with E-state index in [1.54, 1.807) is 32.4 Å². The van der Waals surface area contributed by atoms with Crippen molar-refractivity contribution in [2.24, 2.45) is 4.99 Å². The van der Waals surface area contributed by atoms with Crippen LogP contribution in [0.3, 0.4) is 0 Å². The van der Waals surface area contributed by atoms with Crippen molar-refractivity contribution in [2.45, 2.75) is 39.5 Å². The van der Waals surface area contributed by atoms with Crippen LogP contribution in [0.2, 0.25) is 0 Å². The number of nitrogens with zero attached hydrogens (tertiary/aromatic N) is 1. The Bertz CT molecular complexity index is 896. The Morgan fingerprint density at radius 1 is 1.10 bits per heavy atom. The number of nitrogens with one attached hydrogen (secondary N) is 1. The molecule has 2 aromatic rings. The molecule has 0 fully saturated rings. The maximum absolute atomic E-state index is 12.8. The molecular weight excluding hydrogens is 372 g/mol. The number of pyridine rings is 1. The van der Waals surface area contributed by atoms with E-state index in [1.807, 2.05) is 6.92 Å². The first-order valence-electron chi connectivity index (χ1n) is 9.83. The fourth-order valence-corrected chi connectivity index (χ4v) is 3.19. The largest absolute Gasteiger partial charge is 0.506 e. The van der Waals surface area contributed by atoms with Gasteiger partial charge in [0.25, 0.3) is 5.56 Å². The van der Waals surface area contributed by atoms with Gasteiger partial charge in [-0.15, -0.1) is 0 Å². The van der Waals surface area contributed by atoms with Gasteiger partial charge in [0.2, 0.25) is 5.90 Å². The van der Waals surface area contributed by atoms with Gasteiger partial charge in [-0.1, -0.05) is 26.3 Å². The van der Waals surface area contributed by atoms with Crippen molar-refractivity contribution in [3.63, 3.8) is 0 Å². The molecular formula is C22H30N2O5. The standard InChI is InChI=1S/C22H30N2O5/c1-6-8-10-14-17(18-15(27-4)11-9-12-16(18)28-5)20(25)19(21(26)24-14)22(23-3)29-13-7-2/h9,11-12H,6-8,10,13H2,1-5H3,(H2,24,25,26). The zero-order valence-electron chi connectivity index (χ0n) is 17.8. The molecule has 158 valence electrons. The predicted octanol–water partition coefficient (Wildman–Crippen LogP) is 3.91. The lowest BCUT2D eigenvalue weighted by Gasteiger charge is -2.19. The van der Waals surface area contributed by atoms with Gasteiger partial charge in [-0.05, 0) is 31.4 Å². The fourth-order valence-electron chi connectivity index (χ4n) is 3.19. The third-order valence-electron chi connectivity index (χ3n) is 4.58. The molecule has 1 aromatic heterocycles. The van der Waals surface area contributed by atoms with Gasteiger partial charge < -0.3 is 24.3 Å². The van der Waals surface area contributed by atoms with E-state index in [9.17, 15) is 9.90 Å². The predicted molar refractivity (Wildman–Crippen MR) is 115 cm³/mol. The monoisotopic (exact) mass is 402 g/mol. The second-order valence-corrected chi connectivity index (χ2v) is 6.55. The lowest BCUT2D eigenvalue weighted by molar-refractivity contribution is 0.303. The average molecular weight is 402 g/mol. The molecule has 0 saturated heterocycles. The molecule has 0 saturated carbocycles. The summed E-state index contributed by atoms with van der Waals surface area (Å²) >= 11 is 0. The van der Waals surface area contributed by atoms with Crippen molar-refractivity contribution in [3.8, 4) is 28.4 Å². The number of benzene rings is 1. The molecule has 0 radical (unpaired) electrons. The Kier molecular flexibility index (Phi) is 8.12. The van der Waals surface area contributed by atoms with Crippen molar-refractivity contribution in [1.82, 2.24) is 4.98 Å². The molecule has 7 nitrogen and oxygen atoms in total. The third-order valence-corrected chi connectivity index (χ3v) is 4.58. The Hall–Kier alpha value is -2.96. The Morgan fingerprint density at radius 2 is 1.76 bits per heavy atom. The lowest BCUT2D eigenvalue weighted by atomic mass is 9.95. The Morgan fingerprint density at radius 3 is 2.28 bits per heavy atom. The number of hydrogen-bond donors (Lipinski definition) is 2. The van der Waals surface area contributed by atoms with Crippen molar-refractivity contribution in [2.75, 3.05) is 27.9 Å². The summed E-state index contributed by atoms with van der Waals surface area (Å²) < 4.78 is 16.7. The van der Waals surface area contributed by atoms with Crippen LogP contribution >= 0.6 is 0 Å². The first kappa shape index (κ1) is 22.3. The summed E-state index contributed by atoms with van der Waals surface area (Å²) in [6.07, 6.45) is 3.12. The second-order valence-electron chi connectivity index (χ2n) is 6.55. The van der Waals surface area contributed by atoms with E-state index in [4.69, 9.17) is 14.2 Å². The van der Waals surface area contributed by atoms with Crippen LogP contribution in [0.1, 0.15) is 44.4 Å². The number of aromatic nitrogens is 1. The van der Waals surface area contributed by atoms with E-state index in [2.05, 4.69) is 16.9 Å². The SMILES string of the molecule is CCCCc1[nH]c(=O)c(C(=NC)OCCC)c(O)c1-c1c(OC)cccc1OC. The van der Waals surface area contributed by atoms with Crippen molar-refractivity contribution >= 4 is 5.90 Å². The third kappa shape index (κ3) is 4.72. The van der Waals surface area contributed by atoms with Gasteiger partial charge in [0.05, 0.1) is 32.0 Å². The molecule has 2 N–H and O–H groups in total. The molecule has 0 aliphatic carbocycles. The number of unbranched alkanes of at least 4 members (excludes halogenated alkanes) is 1. The number of aliphatic imine (C=N–C) groups is 1. The van der Waals surface area contributed by atoms with Crippen LogP contribution in [-0.4, -0.2) is 43.9 Å². The van der Waals surface area contributed by atoms with Crippen LogP contribution in [0.15, 0.2) is 28.0 Å². The van der Waals surface area contributed by atoms with Gasteiger partial charge in [0.15, 0.2) is 0 Å². The molecule has 0 aliphatic rings. The average Bonchev–Trinajstić information content (AvgIpc) is 2.73.